The summed E-state index contributed by atoms with van der Waals surface area (Å²) in [5.41, 5.74) is 1.22. The molecule has 0 unspecified atom stereocenters. The molecule has 1 saturated heterocycles. The summed E-state index contributed by atoms with van der Waals surface area (Å²) in [5.74, 6) is 2.52. The van der Waals surface area contributed by atoms with E-state index in [1.807, 2.05) is 36.4 Å². The van der Waals surface area contributed by atoms with Crippen molar-refractivity contribution in [2.45, 2.75) is 30.9 Å². The molecule has 0 spiro atoms. The van der Waals surface area contributed by atoms with Crippen LogP contribution in [0.2, 0.25) is 0 Å². The monoisotopic (exact) mass is 425 g/mol. The van der Waals surface area contributed by atoms with Gasteiger partial charge in [0.2, 0.25) is 0 Å². The minimum absolute atomic E-state index is 0.0920. The molecule has 2 aromatic rings. The molecule has 6 heteroatoms. The van der Waals surface area contributed by atoms with Gasteiger partial charge in [-0.2, -0.15) is 0 Å². The standard InChI is InChI=1S/C25H31NO5/c1-24-11-6-12-26(24)16-25(27,18-8-10-21(29-3)23(14-18)31-5)19(15-24)17-7-9-20(28-2)22(13-17)30-4/h7-10,13-15,27H,6,11-12,16H2,1-5H3/t24-,25-/m0/s1. The lowest BCUT2D eigenvalue weighted by atomic mass is 9.75. The average Bonchev–Trinajstić information content (AvgIpc) is 3.17. The lowest BCUT2D eigenvalue weighted by molar-refractivity contribution is 0.0228. The zero-order valence-corrected chi connectivity index (χ0v) is 18.9. The highest BCUT2D eigenvalue weighted by molar-refractivity contribution is 5.78. The molecule has 0 aromatic heterocycles. The predicted octanol–water partition coefficient (Wildman–Crippen LogP) is 3.86. The van der Waals surface area contributed by atoms with Crippen molar-refractivity contribution < 1.29 is 24.1 Å². The smallest absolute Gasteiger partial charge is 0.161 e. The maximum Gasteiger partial charge on any atom is 0.161 e. The van der Waals surface area contributed by atoms with E-state index < -0.39 is 5.60 Å². The summed E-state index contributed by atoms with van der Waals surface area (Å²) >= 11 is 0. The van der Waals surface area contributed by atoms with Gasteiger partial charge in [0, 0.05) is 12.1 Å². The van der Waals surface area contributed by atoms with E-state index in [0.29, 0.717) is 29.5 Å². The van der Waals surface area contributed by atoms with Crippen LogP contribution in [0, 0.1) is 0 Å². The first-order chi connectivity index (χ1) is 14.9. The molecule has 0 aliphatic carbocycles. The number of fused-ring (bicyclic) bond motifs is 1. The van der Waals surface area contributed by atoms with Crippen molar-refractivity contribution in [1.29, 1.82) is 0 Å². The normalized spacial score (nSPS) is 25.5. The number of nitrogens with zero attached hydrogens (tertiary/aromatic N) is 1. The summed E-state index contributed by atoms with van der Waals surface area (Å²) in [4.78, 5) is 2.37. The van der Waals surface area contributed by atoms with E-state index in [9.17, 15) is 5.11 Å². The van der Waals surface area contributed by atoms with Crippen molar-refractivity contribution in [3.63, 3.8) is 0 Å². The number of ether oxygens (including phenoxy) is 4. The highest BCUT2D eigenvalue weighted by Crippen LogP contribution is 2.49. The summed E-state index contributed by atoms with van der Waals surface area (Å²) in [6.45, 7) is 3.70. The zero-order valence-electron chi connectivity index (χ0n) is 18.9. The van der Waals surface area contributed by atoms with E-state index in [0.717, 1.165) is 36.1 Å². The SMILES string of the molecule is COc1ccc(C2=C[C@]3(C)CCCN3C[C@]2(O)c2ccc(OC)c(OC)c2)cc1OC. The van der Waals surface area contributed by atoms with Gasteiger partial charge in [-0.05, 0) is 67.3 Å². The van der Waals surface area contributed by atoms with Crippen LogP contribution in [-0.2, 0) is 5.60 Å². The number of aliphatic hydroxyl groups is 1. The predicted molar refractivity (Wildman–Crippen MR) is 120 cm³/mol. The summed E-state index contributed by atoms with van der Waals surface area (Å²) in [5, 5.41) is 12.2. The molecule has 1 fully saturated rings. The van der Waals surface area contributed by atoms with Gasteiger partial charge in [-0.3, -0.25) is 4.90 Å². The summed E-state index contributed by atoms with van der Waals surface area (Å²) in [6.07, 6.45) is 4.39. The van der Waals surface area contributed by atoms with Gasteiger partial charge in [-0.25, -0.2) is 0 Å². The molecule has 0 bridgehead atoms. The molecule has 0 radical (unpaired) electrons. The number of β-amino-alcohol motifs (C(OH)–C–C–N with tert-alkyl or cyclic N) is 1. The van der Waals surface area contributed by atoms with Crippen molar-refractivity contribution in [3.05, 3.63) is 53.6 Å². The molecular weight excluding hydrogens is 394 g/mol. The number of hydrogen-bond donors (Lipinski definition) is 1. The van der Waals surface area contributed by atoms with Gasteiger partial charge in [0.15, 0.2) is 23.0 Å². The molecule has 2 aromatic carbocycles. The molecule has 4 rings (SSSR count). The van der Waals surface area contributed by atoms with Crippen molar-refractivity contribution in [3.8, 4) is 23.0 Å². The third-order valence-electron chi connectivity index (χ3n) is 6.71. The van der Waals surface area contributed by atoms with Crippen molar-refractivity contribution >= 4 is 5.57 Å². The molecule has 0 amide bonds. The summed E-state index contributed by atoms with van der Waals surface area (Å²) in [7, 11) is 6.46. The van der Waals surface area contributed by atoms with Crippen molar-refractivity contribution in [1.82, 2.24) is 4.90 Å². The Labute approximate surface area is 184 Å². The molecule has 2 heterocycles. The average molecular weight is 426 g/mol. The van der Waals surface area contributed by atoms with Crippen molar-refractivity contribution in [2.75, 3.05) is 41.5 Å². The Hall–Kier alpha value is -2.70. The van der Waals surface area contributed by atoms with E-state index >= 15 is 0 Å². The van der Waals surface area contributed by atoms with Gasteiger partial charge in [0.1, 0.15) is 5.60 Å². The molecule has 2 aliphatic heterocycles. The second kappa shape index (κ2) is 8.09. The van der Waals surface area contributed by atoms with Crippen LogP contribution in [0.15, 0.2) is 42.5 Å². The highest BCUT2D eigenvalue weighted by Gasteiger charge is 2.48. The lowest BCUT2D eigenvalue weighted by Gasteiger charge is -2.46. The summed E-state index contributed by atoms with van der Waals surface area (Å²) < 4.78 is 21.9. The fourth-order valence-electron chi connectivity index (χ4n) is 4.92. The topological polar surface area (TPSA) is 60.4 Å². The third kappa shape index (κ3) is 3.54. The van der Waals surface area contributed by atoms with Crippen LogP contribution in [0.1, 0.15) is 30.9 Å². The van der Waals surface area contributed by atoms with Gasteiger partial charge in [-0.15, -0.1) is 0 Å². The van der Waals surface area contributed by atoms with Crippen LogP contribution in [0.4, 0.5) is 0 Å². The van der Waals surface area contributed by atoms with Crippen LogP contribution >= 0.6 is 0 Å². The molecule has 1 N–H and O–H groups in total. The maximum absolute atomic E-state index is 12.2. The molecule has 2 atom stereocenters. The fourth-order valence-corrected chi connectivity index (χ4v) is 4.92. The van der Waals surface area contributed by atoms with Gasteiger partial charge < -0.3 is 24.1 Å². The number of hydrogen-bond acceptors (Lipinski definition) is 6. The van der Waals surface area contributed by atoms with Crippen LogP contribution in [0.5, 0.6) is 23.0 Å². The number of rotatable bonds is 6. The van der Waals surface area contributed by atoms with E-state index in [4.69, 9.17) is 18.9 Å². The molecule has 166 valence electrons. The fraction of sp³-hybridized carbons (Fsp3) is 0.440. The Morgan fingerprint density at radius 1 is 0.839 bits per heavy atom. The largest absolute Gasteiger partial charge is 0.493 e. The van der Waals surface area contributed by atoms with E-state index in [2.05, 4.69) is 17.9 Å². The van der Waals surface area contributed by atoms with Crippen LogP contribution in [0.25, 0.3) is 5.57 Å². The van der Waals surface area contributed by atoms with E-state index in [1.165, 1.54) is 0 Å². The van der Waals surface area contributed by atoms with Crippen molar-refractivity contribution in [2.24, 2.45) is 0 Å². The number of methoxy groups -OCH3 is 4. The molecule has 31 heavy (non-hydrogen) atoms. The van der Waals surface area contributed by atoms with Gasteiger partial charge in [0.05, 0.1) is 28.4 Å². The Bertz CT molecular complexity index is 1000. The van der Waals surface area contributed by atoms with E-state index in [-0.39, 0.29) is 5.54 Å². The minimum Gasteiger partial charge on any atom is -0.493 e. The molecule has 6 nitrogen and oxygen atoms in total. The quantitative estimate of drug-likeness (QED) is 0.758. The van der Waals surface area contributed by atoms with Crippen LogP contribution in [0.3, 0.4) is 0 Å². The Morgan fingerprint density at radius 3 is 2.10 bits per heavy atom. The first-order valence-electron chi connectivity index (χ1n) is 10.5. The first kappa shape index (κ1) is 21.5. The summed E-state index contributed by atoms with van der Waals surface area (Å²) in [6, 6.07) is 11.4. The first-order valence-corrected chi connectivity index (χ1v) is 10.5. The number of benzene rings is 2. The van der Waals surface area contributed by atoms with Crippen LogP contribution in [-0.4, -0.2) is 57.1 Å². The second-order valence-electron chi connectivity index (χ2n) is 8.44. The van der Waals surface area contributed by atoms with Gasteiger partial charge in [-0.1, -0.05) is 18.2 Å². The Morgan fingerprint density at radius 2 is 1.45 bits per heavy atom. The van der Waals surface area contributed by atoms with E-state index in [1.54, 1.807) is 28.4 Å². The Kier molecular flexibility index (Phi) is 5.62. The van der Waals surface area contributed by atoms with Crippen LogP contribution < -0.4 is 18.9 Å². The molecule has 2 aliphatic rings. The molecule has 0 saturated carbocycles. The lowest BCUT2D eigenvalue weighted by Crippen LogP contribution is -2.52. The highest BCUT2D eigenvalue weighted by atomic mass is 16.5. The third-order valence-corrected chi connectivity index (χ3v) is 6.71. The Balaban J connectivity index is 1.90. The van der Waals surface area contributed by atoms with Gasteiger partial charge >= 0.3 is 0 Å². The zero-order chi connectivity index (χ0) is 22.2. The molecular formula is C25H31NO5. The van der Waals surface area contributed by atoms with Gasteiger partial charge in [0.25, 0.3) is 0 Å². The second-order valence-corrected chi connectivity index (χ2v) is 8.44. The minimum atomic E-state index is -1.22. The maximum atomic E-state index is 12.2.